The first-order valence-corrected chi connectivity index (χ1v) is 7.81. The van der Waals surface area contributed by atoms with Gasteiger partial charge >= 0.3 is 0 Å². The van der Waals surface area contributed by atoms with Crippen LogP contribution in [0.2, 0.25) is 0 Å². The Labute approximate surface area is 115 Å². The van der Waals surface area contributed by atoms with Crippen LogP contribution in [0.4, 0.5) is 0 Å². The molecule has 0 bridgehead atoms. The molecule has 1 aliphatic rings. The van der Waals surface area contributed by atoms with Crippen LogP contribution in [-0.4, -0.2) is 24.0 Å². The Kier molecular flexibility index (Phi) is 4.15. The highest BCUT2D eigenvalue weighted by Crippen LogP contribution is 2.36. The highest BCUT2D eigenvalue weighted by Gasteiger charge is 2.29. The summed E-state index contributed by atoms with van der Waals surface area (Å²) in [5.41, 5.74) is 6.28. The maximum atomic E-state index is 6.03. The summed E-state index contributed by atoms with van der Waals surface area (Å²) in [7, 11) is 0. The van der Waals surface area contributed by atoms with Crippen molar-refractivity contribution in [2.75, 3.05) is 13.1 Å². The Hall–Kier alpha value is -0.380. The van der Waals surface area contributed by atoms with E-state index in [2.05, 4.69) is 44.7 Å². The van der Waals surface area contributed by atoms with Gasteiger partial charge in [0.05, 0.1) is 6.04 Å². The third-order valence-corrected chi connectivity index (χ3v) is 5.53. The van der Waals surface area contributed by atoms with Gasteiger partial charge in [-0.3, -0.25) is 4.90 Å². The molecule has 1 aliphatic heterocycles. The van der Waals surface area contributed by atoms with Crippen LogP contribution in [0.1, 0.15) is 56.3 Å². The van der Waals surface area contributed by atoms with Crippen molar-refractivity contribution in [2.24, 2.45) is 5.73 Å². The summed E-state index contributed by atoms with van der Waals surface area (Å²) in [6.45, 7) is 11.1. The second-order valence-corrected chi connectivity index (χ2v) is 7.55. The summed E-state index contributed by atoms with van der Waals surface area (Å²) in [5, 5.41) is 0. The number of hydrogen-bond acceptors (Lipinski definition) is 3. The Bertz CT molecular complexity index is 391. The molecule has 2 atom stereocenters. The molecular formula is C15H26N2S. The van der Waals surface area contributed by atoms with E-state index in [-0.39, 0.29) is 5.41 Å². The van der Waals surface area contributed by atoms with Crippen LogP contribution < -0.4 is 5.73 Å². The van der Waals surface area contributed by atoms with E-state index in [9.17, 15) is 0 Å². The van der Waals surface area contributed by atoms with E-state index in [4.69, 9.17) is 5.73 Å². The lowest BCUT2D eigenvalue weighted by Crippen LogP contribution is -2.35. The molecule has 1 saturated heterocycles. The van der Waals surface area contributed by atoms with Crippen LogP contribution in [0, 0.1) is 0 Å². The molecular weight excluding hydrogens is 240 g/mol. The number of rotatable bonds is 3. The lowest BCUT2D eigenvalue weighted by Gasteiger charge is -2.29. The fraction of sp³-hybridized carbons (Fsp3) is 0.733. The van der Waals surface area contributed by atoms with Crippen molar-refractivity contribution in [3.05, 3.63) is 21.9 Å². The third-order valence-electron chi connectivity index (χ3n) is 3.92. The van der Waals surface area contributed by atoms with E-state index in [0.717, 1.165) is 6.54 Å². The average Bonchev–Trinajstić information content (AvgIpc) is 2.89. The van der Waals surface area contributed by atoms with Gasteiger partial charge in [-0.05, 0) is 43.9 Å². The number of nitrogens with two attached hydrogens (primary N) is 1. The molecule has 0 aliphatic carbocycles. The summed E-state index contributed by atoms with van der Waals surface area (Å²) >= 11 is 1.94. The first-order chi connectivity index (χ1) is 8.43. The molecule has 2 rings (SSSR count). The van der Waals surface area contributed by atoms with Gasteiger partial charge in [-0.25, -0.2) is 0 Å². The van der Waals surface area contributed by atoms with Crippen LogP contribution in [0.3, 0.4) is 0 Å². The van der Waals surface area contributed by atoms with Gasteiger partial charge in [0.15, 0.2) is 0 Å². The summed E-state index contributed by atoms with van der Waals surface area (Å²) in [6, 6.07) is 5.67. The van der Waals surface area contributed by atoms with Gasteiger partial charge in [0.25, 0.3) is 0 Å². The monoisotopic (exact) mass is 266 g/mol. The van der Waals surface area contributed by atoms with Crippen molar-refractivity contribution < 1.29 is 0 Å². The lowest BCUT2D eigenvalue weighted by atomic mass is 9.95. The summed E-state index contributed by atoms with van der Waals surface area (Å²) in [4.78, 5) is 5.48. The first kappa shape index (κ1) is 14.0. The predicted molar refractivity (Wildman–Crippen MR) is 80.2 cm³/mol. The minimum absolute atomic E-state index is 0.249. The molecule has 18 heavy (non-hydrogen) atoms. The van der Waals surface area contributed by atoms with Gasteiger partial charge < -0.3 is 5.73 Å². The number of hydrogen-bond donors (Lipinski definition) is 1. The number of thiophene rings is 1. The van der Waals surface area contributed by atoms with Gasteiger partial charge in [0.1, 0.15) is 0 Å². The minimum atomic E-state index is 0.249. The molecule has 102 valence electrons. The van der Waals surface area contributed by atoms with E-state index >= 15 is 0 Å². The summed E-state index contributed by atoms with van der Waals surface area (Å²) in [6.07, 6.45) is 2.63. The quantitative estimate of drug-likeness (QED) is 0.907. The molecule has 2 heterocycles. The molecule has 0 aromatic carbocycles. The van der Waals surface area contributed by atoms with Crippen molar-refractivity contribution in [1.29, 1.82) is 0 Å². The molecule has 0 radical (unpaired) electrons. The molecule has 2 N–H and O–H groups in total. The largest absolute Gasteiger partial charge is 0.329 e. The minimum Gasteiger partial charge on any atom is -0.329 e. The zero-order chi connectivity index (χ0) is 13.3. The number of nitrogens with zero attached hydrogens (tertiary/aromatic N) is 1. The molecule has 1 fully saturated rings. The van der Waals surface area contributed by atoms with Crippen LogP contribution >= 0.6 is 11.3 Å². The Morgan fingerprint density at radius 3 is 2.61 bits per heavy atom. The zero-order valence-corrected chi connectivity index (χ0v) is 12.9. The molecule has 2 nitrogen and oxygen atoms in total. The van der Waals surface area contributed by atoms with E-state index in [1.807, 2.05) is 11.3 Å². The van der Waals surface area contributed by atoms with Gasteiger partial charge in [-0.1, -0.05) is 20.8 Å². The average molecular weight is 266 g/mol. The van der Waals surface area contributed by atoms with Crippen molar-refractivity contribution in [3.8, 4) is 0 Å². The lowest BCUT2D eigenvalue weighted by molar-refractivity contribution is 0.198. The fourth-order valence-electron chi connectivity index (χ4n) is 2.77. The Balaban J connectivity index is 2.20. The molecule has 1 aromatic rings. The van der Waals surface area contributed by atoms with Crippen molar-refractivity contribution in [2.45, 2.75) is 58.0 Å². The molecule has 3 heteroatoms. The zero-order valence-electron chi connectivity index (χ0n) is 12.1. The first-order valence-electron chi connectivity index (χ1n) is 6.99. The summed E-state index contributed by atoms with van der Waals surface area (Å²) in [5.74, 6) is 0. The molecule has 0 amide bonds. The fourth-order valence-corrected chi connectivity index (χ4v) is 3.97. The van der Waals surface area contributed by atoms with Gasteiger partial charge in [0.2, 0.25) is 0 Å². The topological polar surface area (TPSA) is 29.3 Å². The van der Waals surface area contributed by atoms with E-state index < -0.39 is 0 Å². The van der Waals surface area contributed by atoms with Gasteiger partial charge in [-0.2, -0.15) is 0 Å². The van der Waals surface area contributed by atoms with Gasteiger partial charge in [-0.15, -0.1) is 11.3 Å². The van der Waals surface area contributed by atoms with E-state index in [1.54, 1.807) is 0 Å². The van der Waals surface area contributed by atoms with Crippen molar-refractivity contribution in [3.63, 3.8) is 0 Å². The standard InChI is InChI=1S/C15H26N2S/c1-11-6-5-9-17(11)12(10-16)13-7-8-14(18-13)15(2,3)4/h7-8,11-12H,5-6,9-10,16H2,1-4H3. The van der Waals surface area contributed by atoms with Gasteiger partial charge in [0, 0.05) is 22.3 Å². The SMILES string of the molecule is CC1CCCN1C(CN)c1ccc(C(C)(C)C)s1. The highest BCUT2D eigenvalue weighted by atomic mass is 32.1. The molecule has 2 unspecified atom stereocenters. The van der Waals surface area contributed by atoms with Crippen molar-refractivity contribution in [1.82, 2.24) is 4.90 Å². The molecule has 0 spiro atoms. The van der Waals surface area contributed by atoms with Crippen LogP contribution in [0.15, 0.2) is 12.1 Å². The second-order valence-electron chi connectivity index (χ2n) is 6.43. The van der Waals surface area contributed by atoms with E-state index in [1.165, 1.54) is 29.1 Å². The van der Waals surface area contributed by atoms with Crippen molar-refractivity contribution >= 4 is 11.3 Å². The van der Waals surface area contributed by atoms with E-state index in [0.29, 0.717) is 12.1 Å². The predicted octanol–water partition coefficient (Wildman–Crippen LogP) is 3.53. The summed E-state index contributed by atoms with van der Waals surface area (Å²) < 4.78 is 0. The maximum absolute atomic E-state index is 6.03. The highest BCUT2D eigenvalue weighted by molar-refractivity contribution is 7.12. The molecule has 1 aromatic heterocycles. The maximum Gasteiger partial charge on any atom is 0.0566 e. The Morgan fingerprint density at radius 2 is 2.17 bits per heavy atom. The van der Waals surface area contributed by atoms with Crippen LogP contribution in [0.25, 0.3) is 0 Å². The number of likely N-dealkylation sites (tertiary alicyclic amines) is 1. The smallest absolute Gasteiger partial charge is 0.0566 e. The van der Waals surface area contributed by atoms with Crippen LogP contribution in [-0.2, 0) is 5.41 Å². The van der Waals surface area contributed by atoms with Crippen LogP contribution in [0.5, 0.6) is 0 Å². The Morgan fingerprint density at radius 1 is 1.44 bits per heavy atom. The normalized spacial score (nSPS) is 23.5. The third kappa shape index (κ3) is 2.79. The second kappa shape index (κ2) is 5.32. The molecule has 0 saturated carbocycles.